The van der Waals surface area contributed by atoms with Crippen LogP contribution in [-0.2, 0) is 12.8 Å². The van der Waals surface area contributed by atoms with E-state index in [0.29, 0.717) is 6.04 Å². The van der Waals surface area contributed by atoms with E-state index in [4.69, 9.17) is 0 Å². The van der Waals surface area contributed by atoms with Crippen molar-refractivity contribution in [1.82, 2.24) is 4.90 Å². The van der Waals surface area contributed by atoms with Gasteiger partial charge in [0.15, 0.2) is 0 Å². The van der Waals surface area contributed by atoms with Gasteiger partial charge in [-0.25, -0.2) is 4.39 Å². The first-order chi connectivity index (χ1) is 9.17. The smallest absolute Gasteiger partial charge is 0.126 e. The summed E-state index contributed by atoms with van der Waals surface area (Å²) >= 11 is 0. The van der Waals surface area contributed by atoms with Gasteiger partial charge in [0.2, 0.25) is 0 Å². The number of aromatic hydroxyl groups is 1. The van der Waals surface area contributed by atoms with E-state index < -0.39 is 0 Å². The van der Waals surface area contributed by atoms with E-state index in [1.165, 1.54) is 12.1 Å². The fourth-order valence-electron chi connectivity index (χ4n) is 3.16. The summed E-state index contributed by atoms with van der Waals surface area (Å²) in [6, 6.07) is 3.31. The second-order valence-corrected chi connectivity index (χ2v) is 5.46. The van der Waals surface area contributed by atoms with E-state index in [1.807, 2.05) is 0 Å². The van der Waals surface area contributed by atoms with Crippen molar-refractivity contribution in [2.75, 3.05) is 13.1 Å². The molecule has 0 aromatic heterocycles. The van der Waals surface area contributed by atoms with Gasteiger partial charge in [-0.3, -0.25) is 0 Å². The van der Waals surface area contributed by atoms with Crippen molar-refractivity contribution in [3.8, 4) is 5.75 Å². The molecule has 1 unspecified atom stereocenters. The third-order valence-corrected chi connectivity index (χ3v) is 4.05. The van der Waals surface area contributed by atoms with Gasteiger partial charge in [-0.1, -0.05) is 13.8 Å². The van der Waals surface area contributed by atoms with E-state index in [0.717, 1.165) is 56.3 Å². The lowest BCUT2D eigenvalue weighted by molar-refractivity contribution is 0.178. The predicted molar refractivity (Wildman–Crippen MR) is 83.3 cm³/mol. The molecule has 2 rings (SSSR count). The Bertz CT molecular complexity index is 433. The minimum atomic E-state index is -0.163. The van der Waals surface area contributed by atoms with Crippen LogP contribution in [0.1, 0.15) is 44.2 Å². The van der Waals surface area contributed by atoms with Crippen molar-refractivity contribution >= 4 is 12.4 Å². The minimum absolute atomic E-state index is 0. The number of halogens is 2. The van der Waals surface area contributed by atoms with Crippen LogP contribution < -0.4 is 0 Å². The van der Waals surface area contributed by atoms with Crippen LogP contribution in [0, 0.1) is 5.82 Å². The van der Waals surface area contributed by atoms with Gasteiger partial charge in [-0.15, -0.1) is 12.4 Å². The van der Waals surface area contributed by atoms with Gasteiger partial charge in [0.05, 0.1) is 0 Å². The van der Waals surface area contributed by atoms with Crippen molar-refractivity contribution in [2.24, 2.45) is 0 Å². The van der Waals surface area contributed by atoms with Crippen molar-refractivity contribution in [2.45, 2.75) is 52.0 Å². The van der Waals surface area contributed by atoms with Crippen molar-refractivity contribution < 1.29 is 9.50 Å². The Labute approximate surface area is 127 Å². The van der Waals surface area contributed by atoms with Gasteiger partial charge in [0, 0.05) is 11.6 Å². The molecule has 1 aliphatic carbocycles. The van der Waals surface area contributed by atoms with E-state index in [9.17, 15) is 9.50 Å². The summed E-state index contributed by atoms with van der Waals surface area (Å²) in [7, 11) is 0. The molecule has 1 atom stereocenters. The van der Waals surface area contributed by atoms with E-state index in [1.54, 1.807) is 0 Å². The molecular formula is C16H25ClFNO. The number of fused-ring (bicyclic) bond motifs is 1. The fraction of sp³-hybridized carbons (Fsp3) is 0.625. The molecule has 2 nitrogen and oxygen atoms in total. The van der Waals surface area contributed by atoms with E-state index in [-0.39, 0.29) is 24.0 Å². The number of nitrogens with zero attached hydrogens (tertiary/aromatic N) is 1. The quantitative estimate of drug-likeness (QED) is 0.890. The first-order valence-corrected chi connectivity index (χ1v) is 7.40. The molecule has 0 heterocycles. The molecule has 0 radical (unpaired) electrons. The zero-order chi connectivity index (χ0) is 13.8. The van der Waals surface area contributed by atoms with Crippen molar-refractivity contribution in [3.05, 3.63) is 29.1 Å². The molecular weight excluding hydrogens is 277 g/mol. The summed E-state index contributed by atoms with van der Waals surface area (Å²) < 4.78 is 13.8. The topological polar surface area (TPSA) is 23.5 Å². The maximum Gasteiger partial charge on any atom is 0.126 e. The standard InChI is InChI=1S/C16H24FNO.ClH/c1-3-9-18(10-4-2)12-5-6-13-14(11-12)16(19)8-7-15(13)17;/h7-8,12,19H,3-6,9-11H2,1-2H3;1H. The fourth-order valence-corrected chi connectivity index (χ4v) is 3.16. The lowest BCUT2D eigenvalue weighted by Crippen LogP contribution is -2.40. The minimum Gasteiger partial charge on any atom is -0.508 e. The molecule has 0 spiro atoms. The Morgan fingerprint density at radius 2 is 1.85 bits per heavy atom. The first kappa shape index (κ1) is 17.3. The van der Waals surface area contributed by atoms with Gasteiger partial charge in [0.1, 0.15) is 11.6 Å². The first-order valence-electron chi connectivity index (χ1n) is 7.40. The highest BCUT2D eigenvalue weighted by Gasteiger charge is 2.27. The summed E-state index contributed by atoms with van der Waals surface area (Å²) in [6.07, 6.45) is 4.79. The number of rotatable bonds is 5. The van der Waals surface area contributed by atoms with Crippen LogP contribution in [0.25, 0.3) is 0 Å². The highest BCUT2D eigenvalue weighted by molar-refractivity contribution is 5.85. The van der Waals surface area contributed by atoms with Gasteiger partial charge in [-0.05, 0) is 62.9 Å². The summed E-state index contributed by atoms with van der Waals surface area (Å²) in [4.78, 5) is 2.49. The third kappa shape index (κ3) is 3.64. The molecule has 0 fully saturated rings. The monoisotopic (exact) mass is 301 g/mol. The second-order valence-electron chi connectivity index (χ2n) is 5.46. The number of phenols is 1. The Kier molecular flexibility index (Phi) is 6.77. The van der Waals surface area contributed by atoms with Gasteiger partial charge < -0.3 is 10.0 Å². The van der Waals surface area contributed by atoms with Crippen LogP contribution in [0.3, 0.4) is 0 Å². The Morgan fingerprint density at radius 1 is 1.20 bits per heavy atom. The van der Waals surface area contributed by atoms with Crippen LogP contribution in [0.2, 0.25) is 0 Å². The van der Waals surface area contributed by atoms with Crippen LogP contribution in [-0.4, -0.2) is 29.1 Å². The number of hydrogen-bond donors (Lipinski definition) is 1. The second kappa shape index (κ2) is 7.84. The average molecular weight is 302 g/mol. The zero-order valence-corrected chi connectivity index (χ0v) is 13.2. The van der Waals surface area contributed by atoms with Crippen LogP contribution >= 0.6 is 12.4 Å². The Morgan fingerprint density at radius 3 is 2.45 bits per heavy atom. The maximum absolute atomic E-state index is 13.8. The molecule has 0 saturated carbocycles. The highest BCUT2D eigenvalue weighted by Crippen LogP contribution is 2.32. The molecule has 114 valence electrons. The van der Waals surface area contributed by atoms with Gasteiger partial charge in [0.25, 0.3) is 0 Å². The lowest BCUT2D eigenvalue weighted by Gasteiger charge is -2.35. The summed E-state index contributed by atoms with van der Waals surface area (Å²) in [5.74, 6) is 0.0952. The molecule has 0 amide bonds. The number of phenolic OH excluding ortho intramolecular Hbond substituents is 1. The van der Waals surface area contributed by atoms with Crippen LogP contribution in [0.5, 0.6) is 5.75 Å². The molecule has 1 aromatic carbocycles. The van der Waals surface area contributed by atoms with Gasteiger partial charge >= 0.3 is 0 Å². The normalized spacial score (nSPS) is 17.7. The van der Waals surface area contributed by atoms with Crippen LogP contribution in [0.4, 0.5) is 4.39 Å². The number of benzene rings is 1. The number of hydrogen-bond acceptors (Lipinski definition) is 2. The highest BCUT2D eigenvalue weighted by atomic mass is 35.5. The van der Waals surface area contributed by atoms with Crippen molar-refractivity contribution in [3.63, 3.8) is 0 Å². The summed E-state index contributed by atoms with van der Waals surface area (Å²) in [5.41, 5.74) is 1.55. The lowest BCUT2D eigenvalue weighted by atomic mass is 9.86. The molecule has 4 heteroatoms. The van der Waals surface area contributed by atoms with E-state index in [2.05, 4.69) is 18.7 Å². The third-order valence-electron chi connectivity index (χ3n) is 4.05. The Hall–Kier alpha value is -0.800. The SMILES string of the molecule is CCCN(CCC)C1CCc2c(F)ccc(O)c2C1.Cl. The molecule has 1 aliphatic rings. The maximum atomic E-state index is 13.8. The zero-order valence-electron chi connectivity index (χ0n) is 12.4. The molecule has 20 heavy (non-hydrogen) atoms. The predicted octanol–water partition coefficient (Wildman–Crippen LogP) is 3.93. The van der Waals surface area contributed by atoms with Gasteiger partial charge in [-0.2, -0.15) is 0 Å². The van der Waals surface area contributed by atoms with Crippen LogP contribution in [0.15, 0.2) is 12.1 Å². The summed E-state index contributed by atoms with van der Waals surface area (Å²) in [5, 5.41) is 9.95. The molecule has 0 aliphatic heterocycles. The summed E-state index contributed by atoms with van der Waals surface area (Å²) in [6.45, 7) is 6.56. The molecule has 0 saturated heterocycles. The van der Waals surface area contributed by atoms with E-state index >= 15 is 0 Å². The average Bonchev–Trinajstić information content (AvgIpc) is 2.42. The Balaban J connectivity index is 0.00000200. The molecule has 0 bridgehead atoms. The van der Waals surface area contributed by atoms with Crippen molar-refractivity contribution in [1.29, 1.82) is 0 Å². The molecule has 1 aromatic rings. The molecule has 1 N–H and O–H groups in total. The largest absolute Gasteiger partial charge is 0.508 e.